The molecule has 8 nitrogen and oxygen atoms in total. The van der Waals surface area contributed by atoms with Gasteiger partial charge in [0.2, 0.25) is 5.95 Å². The van der Waals surface area contributed by atoms with Crippen LogP contribution in [0.25, 0.3) is 11.0 Å². The fourth-order valence-electron chi connectivity index (χ4n) is 3.81. The van der Waals surface area contributed by atoms with Gasteiger partial charge >= 0.3 is 12.3 Å². The van der Waals surface area contributed by atoms with Crippen LogP contribution in [-0.4, -0.2) is 45.4 Å². The van der Waals surface area contributed by atoms with Crippen LogP contribution in [0.1, 0.15) is 36.2 Å². The van der Waals surface area contributed by atoms with Crippen LogP contribution in [0.15, 0.2) is 42.5 Å². The highest BCUT2D eigenvalue weighted by Crippen LogP contribution is 2.32. The van der Waals surface area contributed by atoms with E-state index >= 15 is 0 Å². The first-order chi connectivity index (χ1) is 16.0. The van der Waals surface area contributed by atoms with E-state index in [0.717, 1.165) is 18.2 Å². The Morgan fingerprint density at radius 1 is 1.24 bits per heavy atom. The second-order valence-electron chi connectivity index (χ2n) is 8.58. The molecule has 0 bridgehead atoms. The molecule has 0 radical (unpaired) electrons. The normalized spacial score (nSPS) is 15.6. The minimum absolute atomic E-state index is 0.104. The van der Waals surface area contributed by atoms with Crippen LogP contribution < -0.4 is 10.2 Å². The Bertz CT molecular complexity index is 1250. The number of anilines is 2. The lowest BCUT2D eigenvalue weighted by molar-refractivity contribution is -0.137. The molecule has 1 fully saturated rings. The second-order valence-corrected chi connectivity index (χ2v) is 8.58. The van der Waals surface area contributed by atoms with Crippen molar-refractivity contribution >= 4 is 34.7 Å². The molecular formula is C23H23F3N4O4. The monoisotopic (exact) mass is 476 g/mol. The summed E-state index contributed by atoms with van der Waals surface area (Å²) in [6.07, 6.45) is -4.69. The number of ether oxygens (including phenoxy) is 1. The number of aromatic nitrogens is 2. The maximum Gasteiger partial charge on any atom is 0.416 e. The van der Waals surface area contributed by atoms with Gasteiger partial charge in [-0.1, -0.05) is 6.07 Å². The lowest BCUT2D eigenvalue weighted by atomic mass is 10.1. The highest BCUT2D eigenvalue weighted by Gasteiger charge is 2.38. The van der Waals surface area contributed by atoms with Crippen molar-refractivity contribution in [3.8, 4) is 0 Å². The van der Waals surface area contributed by atoms with Crippen LogP contribution in [0.4, 0.5) is 29.6 Å². The number of hydrogen-bond acceptors (Lipinski definition) is 5. The number of nitrogens with zero attached hydrogens (tertiary/aromatic N) is 3. The van der Waals surface area contributed by atoms with E-state index < -0.39 is 29.3 Å². The van der Waals surface area contributed by atoms with Crippen LogP contribution in [0, 0.1) is 0 Å². The summed E-state index contributed by atoms with van der Waals surface area (Å²) in [6, 6.07) is 9.23. The molecule has 1 aliphatic rings. The van der Waals surface area contributed by atoms with Crippen LogP contribution in [0.2, 0.25) is 0 Å². The summed E-state index contributed by atoms with van der Waals surface area (Å²) in [7, 11) is 0. The van der Waals surface area contributed by atoms with Gasteiger partial charge in [-0.3, -0.25) is 15.0 Å². The number of aryl methyl sites for hydroxylation is 1. The molecule has 2 aromatic carbocycles. The van der Waals surface area contributed by atoms with Gasteiger partial charge in [-0.05, 0) is 56.7 Å². The zero-order valence-corrected chi connectivity index (χ0v) is 18.5. The van der Waals surface area contributed by atoms with E-state index in [9.17, 15) is 27.9 Å². The molecule has 0 atom stereocenters. The van der Waals surface area contributed by atoms with Gasteiger partial charge in [0.1, 0.15) is 5.60 Å². The number of amides is 2. The van der Waals surface area contributed by atoms with E-state index in [0.29, 0.717) is 36.2 Å². The van der Waals surface area contributed by atoms with Crippen LogP contribution in [-0.2, 0) is 17.5 Å². The molecule has 180 valence electrons. The molecule has 34 heavy (non-hydrogen) atoms. The fraction of sp³-hybridized carbons (Fsp3) is 0.348. The highest BCUT2D eigenvalue weighted by molar-refractivity contribution is 6.04. The van der Waals surface area contributed by atoms with Crippen molar-refractivity contribution in [1.82, 2.24) is 9.55 Å². The molecule has 0 aliphatic carbocycles. The molecule has 0 saturated carbocycles. The SMILES string of the molecule is CC1(C)CN(c2ccc3c(c2)nc(NC(=O)c2cccc(C(F)(F)F)c2)n3CCCO)C(=O)O1. The molecule has 11 heteroatoms. The summed E-state index contributed by atoms with van der Waals surface area (Å²) >= 11 is 0. The number of imidazole rings is 1. The Morgan fingerprint density at radius 3 is 2.65 bits per heavy atom. The van der Waals surface area contributed by atoms with Gasteiger partial charge in [0.25, 0.3) is 5.91 Å². The number of fused-ring (bicyclic) bond motifs is 1. The molecule has 4 rings (SSSR count). The maximum absolute atomic E-state index is 13.0. The summed E-state index contributed by atoms with van der Waals surface area (Å²) in [6.45, 7) is 4.15. The Balaban J connectivity index is 1.67. The Hall–Kier alpha value is -3.60. The number of carbonyl (C=O) groups excluding carboxylic acids is 2. The molecule has 2 amide bonds. The minimum Gasteiger partial charge on any atom is -0.441 e. The van der Waals surface area contributed by atoms with Gasteiger partial charge in [0, 0.05) is 24.4 Å². The molecule has 1 aliphatic heterocycles. The molecule has 0 spiro atoms. The van der Waals surface area contributed by atoms with Gasteiger partial charge in [0.15, 0.2) is 0 Å². The summed E-state index contributed by atoms with van der Waals surface area (Å²) in [5, 5.41) is 11.8. The number of benzene rings is 2. The van der Waals surface area contributed by atoms with E-state index in [1.54, 1.807) is 36.6 Å². The Labute approximate surface area is 192 Å². The van der Waals surface area contributed by atoms with E-state index in [2.05, 4.69) is 10.3 Å². The topological polar surface area (TPSA) is 96.7 Å². The zero-order chi connectivity index (χ0) is 24.7. The quantitative estimate of drug-likeness (QED) is 0.549. The molecule has 1 saturated heterocycles. The maximum atomic E-state index is 13.0. The van der Waals surface area contributed by atoms with Gasteiger partial charge in [0.05, 0.1) is 23.1 Å². The first-order valence-electron chi connectivity index (χ1n) is 10.6. The van der Waals surface area contributed by atoms with E-state index in [4.69, 9.17) is 4.74 Å². The van der Waals surface area contributed by atoms with Crippen molar-refractivity contribution < 1.29 is 32.6 Å². The number of aliphatic hydroxyl groups is 1. The summed E-state index contributed by atoms with van der Waals surface area (Å²) in [5.74, 6) is -0.635. The van der Waals surface area contributed by atoms with Crippen molar-refractivity contribution in [2.24, 2.45) is 0 Å². The number of nitrogens with one attached hydrogen (secondary N) is 1. The molecule has 3 aromatic rings. The van der Waals surface area contributed by atoms with Crippen LogP contribution in [0.3, 0.4) is 0 Å². The predicted octanol–water partition coefficient (Wildman–Crippen LogP) is 4.43. The Morgan fingerprint density at radius 2 is 2.00 bits per heavy atom. The van der Waals surface area contributed by atoms with E-state index in [1.807, 2.05) is 0 Å². The Kier molecular flexibility index (Phi) is 5.98. The smallest absolute Gasteiger partial charge is 0.416 e. The van der Waals surface area contributed by atoms with Crippen molar-refractivity contribution in [3.05, 3.63) is 53.6 Å². The largest absolute Gasteiger partial charge is 0.441 e. The lowest BCUT2D eigenvalue weighted by Crippen LogP contribution is -2.28. The lowest BCUT2D eigenvalue weighted by Gasteiger charge is -2.15. The van der Waals surface area contributed by atoms with Gasteiger partial charge < -0.3 is 14.4 Å². The summed E-state index contributed by atoms with van der Waals surface area (Å²) < 4.78 is 46.1. The van der Waals surface area contributed by atoms with E-state index in [-0.39, 0.29) is 18.1 Å². The number of cyclic esters (lactones) is 1. The number of carbonyl (C=O) groups is 2. The minimum atomic E-state index is -4.58. The summed E-state index contributed by atoms with van der Waals surface area (Å²) in [5.41, 5.74) is -0.0880. The average molecular weight is 476 g/mol. The number of alkyl halides is 3. The van der Waals surface area contributed by atoms with Crippen LogP contribution in [0.5, 0.6) is 0 Å². The number of halogens is 3. The van der Waals surface area contributed by atoms with Crippen molar-refractivity contribution in [1.29, 1.82) is 0 Å². The highest BCUT2D eigenvalue weighted by atomic mass is 19.4. The predicted molar refractivity (Wildman–Crippen MR) is 119 cm³/mol. The number of rotatable bonds is 6. The van der Waals surface area contributed by atoms with Crippen molar-refractivity contribution in [2.75, 3.05) is 23.4 Å². The molecular weight excluding hydrogens is 453 g/mol. The first-order valence-corrected chi connectivity index (χ1v) is 10.6. The van der Waals surface area contributed by atoms with Crippen LogP contribution >= 0.6 is 0 Å². The third kappa shape index (κ3) is 4.69. The van der Waals surface area contributed by atoms with Gasteiger partial charge in [-0.2, -0.15) is 13.2 Å². The third-order valence-electron chi connectivity index (χ3n) is 5.38. The molecule has 0 unspecified atom stereocenters. The molecule has 1 aromatic heterocycles. The summed E-state index contributed by atoms with van der Waals surface area (Å²) in [4.78, 5) is 30.9. The fourth-order valence-corrected chi connectivity index (χ4v) is 3.81. The van der Waals surface area contributed by atoms with Gasteiger partial charge in [-0.15, -0.1) is 0 Å². The molecule has 2 N–H and O–H groups in total. The third-order valence-corrected chi connectivity index (χ3v) is 5.38. The van der Waals surface area contributed by atoms with E-state index in [1.165, 1.54) is 11.0 Å². The second kappa shape index (κ2) is 8.64. The van der Waals surface area contributed by atoms with Gasteiger partial charge in [-0.25, -0.2) is 9.78 Å². The standard InChI is InChI=1S/C23H23F3N4O4/c1-22(2)13-30(21(33)34-22)16-7-8-18-17(12-16)27-20(29(18)9-4-10-31)28-19(32)14-5-3-6-15(11-14)23(24,25)26/h3,5-8,11-12,31H,4,9-10,13H2,1-2H3,(H,27,28,32). The number of hydrogen-bond donors (Lipinski definition) is 2. The first kappa shape index (κ1) is 23.6. The molecule has 2 heterocycles. The average Bonchev–Trinajstić information content (AvgIpc) is 3.25. The number of aliphatic hydroxyl groups excluding tert-OH is 1. The van der Waals surface area contributed by atoms with Crippen molar-refractivity contribution in [3.63, 3.8) is 0 Å². The zero-order valence-electron chi connectivity index (χ0n) is 18.5. The van der Waals surface area contributed by atoms with Crippen molar-refractivity contribution in [2.45, 2.75) is 38.6 Å².